The second-order valence-corrected chi connectivity index (χ2v) is 5.20. The van der Waals surface area contributed by atoms with Crippen molar-refractivity contribution in [2.24, 2.45) is 0 Å². The molecule has 1 heterocycles. The highest BCUT2D eigenvalue weighted by Crippen LogP contribution is 2.16. The van der Waals surface area contributed by atoms with Crippen LogP contribution in [0.1, 0.15) is 23.1 Å². The monoisotopic (exact) mass is 292 g/mol. The van der Waals surface area contributed by atoms with Crippen molar-refractivity contribution in [3.8, 4) is 5.75 Å². The summed E-state index contributed by atoms with van der Waals surface area (Å²) in [5, 5.41) is 8.66. The smallest absolute Gasteiger partial charge is 0.270 e. The number of thioether (sulfide) groups is 1. The van der Waals surface area contributed by atoms with E-state index in [0.717, 1.165) is 5.75 Å². The van der Waals surface area contributed by atoms with Gasteiger partial charge in [0.2, 0.25) is 5.16 Å². The van der Waals surface area contributed by atoms with Crippen LogP contribution in [0.4, 0.5) is 0 Å². The van der Waals surface area contributed by atoms with Crippen molar-refractivity contribution in [3.05, 3.63) is 35.7 Å². The Morgan fingerprint density at radius 2 is 2.25 bits per heavy atom. The Morgan fingerprint density at radius 3 is 2.95 bits per heavy atom. The summed E-state index contributed by atoms with van der Waals surface area (Å²) in [5.74, 6) is 1.90. The number of hydrogen-bond acceptors (Lipinski definition) is 5. The third-order valence-corrected chi connectivity index (χ3v) is 3.42. The van der Waals surface area contributed by atoms with Crippen molar-refractivity contribution in [2.45, 2.75) is 19.0 Å². The quantitative estimate of drug-likeness (QED) is 0.855. The van der Waals surface area contributed by atoms with Crippen molar-refractivity contribution in [1.82, 2.24) is 14.9 Å². The lowest BCUT2D eigenvalue weighted by Gasteiger charge is -2.10. The van der Waals surface area contributed by atoms with Gasteiger partial charge < -0.3 is 4.74 Å². The molecule has 0 spiro atoms. The van der Waals surface area contributed by atoms with E-state index in [1.807, 2.05) is 6.92 Å². The van der Waals surface area contributed by atoms with Gasteiger partial charge in [-0.25, -0.2) is 4.68 Å². The van der Waals surface area contributed by atoms with Crippen LogP contribution in [0, 0.1) is 6.92 Å². The number of carbonyl (C=O) groups excluding carboxylic acids is 1. The van der Waals surface area contributed by atoms with E-state index >= 15 is 0 Å². The Kier molecular flexibility index (Phi) is 4.62. The molecule has 0 atom stereocenters. The van der Waals surface area contributed by atoms with Crippen LogP contribution in [0.2, 0.25) is 0 Å². The van der Waals surface area contributed by atoms with Crippen molar-refractivity contribution in [2.75, 3.05) is 18.3 Å². The zero-order chi connectivity index (χ0) is 14.5. The molecule has 6 nitrogen and oxygen atoms in total. The molecular weight excluding hydrogens is 276 g/mol. The second kappa shape index (κ2) is 6.42. The molecule has 0 aliphatic carbocycles. The molecule has 2 rings (SSSR count). The molecular formula is C13H16N4O2S. The number of nitrogens with one attached hydrogen (secondary N) is 1. The summed E-state index contributed by atoms with van der Waals surface area (Å²) in [6, 6.07) is 6.97. The Morgan fingerprint density at radius 1 is 1.45 bits per heavy atom. The highest BCUT2D eigenvalue weighted by molar-refractivity contribution is 7.99. The third kappa shape index (κ3) is 3.11. The summed E-state index contributed by atoms with van der Waals surface area (Å²) < 4.78 is 6.70. The fourth-order valence-corrected chi connectivity index (χ4v) is 2.29. The number of aromatic nitrogens is 3. The summed E-state index contributed by atoms with van der Waals surface area (Å²) in [7, 11) is 1.57. The predicted octanol–water partition coefficient (Wildman–Crippen LogP) is 2.09. The molecule has 106 valence electrons. The van der Waals surface area contributed by atoms with Gasteiger partial charge in [0.05, 0.1) is 7.11 Å². The molecule has 0 saturated carbocycles. The van der Waals surface area contributed by atoms with Crippen LogP contribution in [0.3, 0.4) is 0 Å². The number of methoxy groups -OCH3 is 1. The highest BCUT2D eigenvalue weighted by atomic mass is 32.2. The van der Waals surface area contributed by atoms with E-state index < -0.39 is 0 Å². The number of carbonyl (C=O) groups is 1. The maximum atomic E-state index is 12.2. The van der Waals surface area contributed by atoms with Gasteiger partial charge in [0.15, 0.2) is 0 Å². The van der Waals surface area contributed by atoms with Crippen molar-refractivity contribution < 1.29 is 9.53 Å². The maximum absolute atomic E-state index is 12.2. The number of rotatable bonds is 5. The van der Waals surface area contributed by atoms with Crippen molar-refractivity contribution in [3.63, 3.8) is 0 Å². The van der Waals surface area contributed by atoms with Crippen LogP contribution in [-0.4, -0.2) is 33.6 Å². The van der Waals surface area contributed by atoms with Crippen LogP contribution in [0.25, 0.3) is 0 Å². The van der Waals surface area contributed by atoms with E-state index in [1.54, 1.807) is 43.0 Å². The minimum Gasteiger partial charge on any atom is -0.497 e. The van der Waals surface area contributed by atoms with Crippen LogP contribution in [-0.2, 0) is 0 Å². The van der Waals surface area contributed by atoms with Crippen molar-refractivity contribution >= 4 is 17.7 Å². The number of amides is 1. The first-order chi connectivity index (χ1) is 9.65. The molecule has 0 aliphatic heterocycles. The summed E-state index contributed by atoms with van der Waals surface area (Å²) in [6.07, 6.45) is 0. The lowest BCUT2D eigenvalue weighted by Crippen LogP contribution is -2.24. The lowest BCUT2D eigenvalue weighted by molar-refractivity contribution is 0.100. The number of nitrogens with zero attached hydrogens (tertiary/aromatic N) is 3. The Labute approximate surface area is 121 Å². The van der Waals surface area contributed by atoms with Gasteiger partial charge in [0.25, 0.3) is 5.91 Å². The molecule has 0 bridgehead atoms. The van der Waals surface area contributed by atoms with Gasteiger partial charge in [-0.1, -0.05) is 24.8 Å². The fraction of sp³-hybridized carbons (Fsp3) is 0.308. The summed E-state index contributed by atoms with van der Waals surface area (Å²) in [4.78, 5) is 12.2. The van der Waals surface area contributed by atoms with Crippen LogP contribution in [0.15, 0.2) is 29.4 Å². The van der Waals surface area contributed by atoms with Gasteiger partial charge >= 0.3 is 0 Å². The fourth-order valence-electron chi connectivity index (χ4n) is 1.62. The molecule has 0 fully saturated rings. The number of aryl methyl sites for hydroxylation is 1. The van der Waals surface area contributed by atoms with Crippen LogP contribution in [0.5, 0.6) is 5.75 Å². The van der Waals surface area contributed by atoms with E-state index in [0.29, 0.717) is 22.3 Å². The molecule has 0 saturated heterocycles. The van der Waals surface area contributed by atoms with Gasteiger partial charge in [-0.2, -0.15) is 0 Å². The van der Waals surface area contributed by atoms with E-state index in [-0.39, 0.29) is 5.91 Å². The standard InChI is InChI=1S/C13H16N4O2S/c1-4-20-13-15-14-9(2)17(13)16-12(18)10-6-5-7-11(8-10)19-3/h5-8H,4H2,1-3H3,(H,16,18). The summed E-state index contributed by atoms with van der Waals surface area (Å²) in [5.41, 5.74) is 3.31. The van der Waals surface area contributed by atoms with Gasteiger partial charge in [-0.05, 0) is 30.9 Å². The largest absolute Gasteiger partial charge is 0.497 e. The van der Waals surface area contributed by atoms with Crippen LogP contribution < -0.4 is 10.2 Å². The average Bonchev–Trinajstić information content (AvgIpc) is 2.81. The van der Waals surface area contributed by atoms with E-state index in [2.05, 4.69) is 15.6 Å². The molecule has 0 radical (unpaired) electrons. The van der Waals surface area contributed by atoms with Crippen molar-refractivity contribution in [1.29, 1.82) is 0 Å². The minimum absolute atomic E-state index is 0.232. The first-order valence-electron chi connectivity index (χ1n) is 6.16. The molecule has 1 aromatic carbocycles. The van der Waals surface area contributed by atoms with Gasteiger partial charge in [0.1, 0.15) is 11.6 Å². The molecule has 2 aromatic rings. The second-order valence-electron chi connectivity index (χ2n) is 3.97. The lowest BCUT2D eigenvalue weighted by atomic mass is 10.2. The maximum Gasteiger partial charge on any atom is 0.270 e. The third-order valence-electron chi connectivity index (χ3n) is 2.61. The molecule has 20 heavy (non-hydrogen) atoms. The zero-order valence-electron chi connectivity index (χ0n) is 11.6. The normalized spacial score (nSPS) is 10.3. The topological polar surface area (TPSA) is 69.0 Å². The Bertz CT molecular complexity index is 612. The van der Waals surface area contributed by atoms with E-state index in [4.69, 9.17) is 4.74 Å². The van der Waals surface area contributed by atoms with Gasteiger partial charge in [0, 0.05) is 5.56 Å². The Hall–Kier alpha value is -2.02. The van der Waals surface area contributed by atoms with Gasteiger partial charge in [-0.3, -0.25) is 10.2 Å². The predicted molar refractivity (Wildman–Crippen MR) is 77.8 cm³/mol. The average molecular weight is 292 g/mol. The first-order valence-corrected chi connectivity index (χ1v) is 7.14. The number of benzene rings is 1. The van der Waals surface area contributed by atoms with E-state index in [9.17, 15) is 4.79 Å². The first kappa shape index (κ1) is 14.4. The molecule has 7 heteroatoms. The SMILES string of the molecule is CCSc1nnc(C)n1NC(=O)c1cccc(OC)c1. The highest BCUT2D eigenvalue weighted by Gasteiger charge is 2.13. The molecule has 1 amide bonds. The Balaban J connectivity index is 2.20. The zero-order valence-corrected chi connectivity index (χ0v) is 12.4. The summed E-state index contributed by atoms with van der Waals surface area (Å²) >= 11 is 1.52. The number of hydrogen-bond donors (Lipinski definition) is 1. The molecule has 1 N–H and O–H groups in total. The summed E-state index contributed by atoms with van der Waals surface area (Å²) in [6.45, 7) is 3.81. The van der Waals surface area contributed by atoms with Crippen LogP contribution >= 0.6 is 11.8 Å². The number of ether oxygens (including phenoxy) is 1. The minimum atomic E-state index is -0.232. The van der Waals surface area contributed by atoms with E-state index in [1.165, 1.54) is 11.8 Å². The van der Waals surface area contributed by atoms with Gasteiger partial charge in [-0.15, -0.1) is 10.2 Å². The molecule has 0 unspecified atom stereocenters. The molecule has 0 aliphatic rings. The molecule has 1 aromatic heterocycles.